The fourth-order valence-electron chi connectivity index (χ4n) is 4.77. The highest BCUT2D eigenvalue weighted by molar-refractivity contribution is 5.70. The van der Waals surface area contributed by atoms with E-state index in [-0.39, 0.29) is 83.4 Å². The van der Waals surface area contributed by atoms with Gasteiger partial charge in [0.25, 0.3) is 0 Å². The van der Waals surface area contributed by atoms with Gasteiger partial charge in [-0.05, 0) is 23.0 Å². The molecular weight excluding hydrogens is 508 g/mol. The molecular formula is C27H42N4O8. The SMILES string of the molecule is CC(C)(C)c1ccc(CC2CN(CC(=O)O)CCN(CC(=O)O)CCN(CC(=O)O)CCN2CC(=O)O)cc1. The van der Waals surface area contributed by atoms with Crippen LogP contribution in [0, 0.1) is 0 Å². The van der Waals surface area contributed by atoms with Gasteiger partial charge in [0.2, 0.25) is 0 Å². The molecule has 1 aliphatic heterocycles. The van der Waals surface area contributed by atoms with E-state index in [1.807, 2.05) is 24.3 Å². The molecule has 1 aliphatic rings. The number of rotatable bonds is 10. The minimum Gasteiger partial charge on any atom is -0.480 e. The van der Waals surface area contributed by atoms with Crippen LogP contribution in [0.4, 0.5) is 0 Å². The number of aliphatic carboxylic acids is 4. The lowest BCUT2D eigenvalue weighted by atomic mass is 9.86. The summed E-state index contributed by atoms with van der Waals surface area (Å²) in [6.07, 6.45) is 0.464. The van der Waals surface area contributed by atoms with Crippen molar-refractivity contribution < 1.29 is 39.6 Å². The predicted octanol–water partition coefficient (Wildman–Crippen LogP) is 0.455. The summed E-state index contributed by atoms with van der Waals surface area (Å²) in [5.41, 5.74) is 2.10. The van der Waals surface area contributed by atoms with E-state index in [9.17, 15) is 39.6 Å². The van der Waals surface area contributed by atoms with Crippen molar-refractivity contribution in [1.82, 2.24) is 19.6 Å². The van der Waals surface area contributed by atoms with Crippen molar-refractivity contribution in [3.05, 3.63) is 35.4 Å². The number of carbonyl (C=O) groups is 4. The zero-order chi connectivity index (χ0) is 29.2. The molecule has 0 amide bonds. The van der Waals surface area contributed by atoms with Crippen LogP contribution in [0.2, 0.25) is 0 Å². The number of benzene rings is 1. The van der Waals surface area contributed by atoms with Crippen molar-refractivity contribution in [2.45, 2.75) is 38.6 Å². The van der Waals surface area contributed by atoms with E-state index in [0.29, 0.717) is 6.42 Å². The Morgan fingerprint density at radius 3 is 1.51 bits per heavy atom. The van der Waals surface area contributed by atoms with E-state index in [0.717, 1.165) is 11.1 Å². The van der Waals surface area contributed by atoms with Crippen molar-refractivity contribution in [2.75, 3.05) is 72.0 Å². The van der Waals surface area contributed by atoms with Gasteiger partial charge in [-0.1, -0.05) is 45.0 Å². The second-order valence-corrected chi connectivity index (χ2v) is 11.1. The summed E-state index contributed by atoms with van der Waals surface area (Å²) in [4.78, 5) is 53.3. The summed E-state index contributed by atoms with van der Waals surface area (Å²) < 4.78 is 0. The summed E-state index contributed by atoms with van der Waals surface area (Å²) in [6.45, 7) is 7.14. The topological polar surface area (TPSA) is 162 Å². The van der Waals surface area contributed by atoms with Gasteiger partial charge in [-0.25, -0.2) is 0 Å². The third kappa shape index (κ3) is 12.1. The van der Waals surface area contributed by atoms with Crippen LogP contribution >= 0.6 is 0 Å². The van der Waals surface area contributed by atoms with Crippen molar-refractivity contribution >= 4 is 23.9 Å². The fourth-order valence-corrected chi connectivity index (χ4v) is 4.77. The highest BCUT2D eigenvalue weighted by atomic mass is 16.4. The zero-order valence-corrected chi connectivity index (χ0v) is 23.1. The molecule has 2 rings (SSSR count). The Balaban J connectivity index is 2.42. The highest BCUT2D eigenvalue weighted by Crippen LogP contribution is 2.23. The summed E-state index contributed by atoms with van der Waals surface area (Å²) in [6, 6.07) is 7.71. The lowest BCUT2D eigenvalue weighted by molar-refractivity contribution is -0.142. The predicted molar refractivity (Wildman–Crippen MR) is 144 cm³/mol. The molecule has 1 aromatic rings. The standard InChI is InChI=1S/C27H42N4O8/c1-27(2,3)21-6-4-20(5-7-21)14-22-15-30(18-25(36)37)11-10-28(16-23(32)33)8-9-29(17-24(34)35)12-13-31(22)19-26(38)39/h4-7,22H,8-19H2,1-3H3,(H,32,33)(H,34,35)(H,36,37)(H,38,39). The number of hydrogen-bond donors (Lipinski definition) is 4. The van der Waals surface area contributed by atoms with Gasteiger partial charge in [-0.15, -0.1) is 0 Å². The molecule has 39 heavy (non-hydrogen) atoms. The minimum absolute atomic E-state index is 0.0330. The Morgan fingerprint density at radius 1 is 0.667 bits per heavy atom. The Kier molecular flexibility index (Phi) is 12.3. The first-order valence-electron chi connectivity index (χ1n) is 13.1. The number of nitrogens with zero attached hydrogens (tertiary/aromatic N) is 4. The molecule has 0 aliphatic carbocycles. The average molecular weight is 551 g/mol. The lowest BCUT2D eigenvalue weighted by Gasteiger charge is -2.37. The molecule has 218 valence electrons. The van der Waals surface area contributed by atoms with Gasteiger partial charge in [0.15, 0.2) is 0 Å². The van der Waals surface area contributed by atoms with Gasteiger partial charge < -0.3 is 20.4 Å². The van der Waals surface area contributed by atoms with Gasteiger partial charge in [0.1, 0.15) is 0 Å². The summed E-state index contributed by atoms with van der Waals surface area (Å²) in [7, 11) is 0. The second-order valence-electron chi connectivity index (χ2n) is 11.1. The van der Waals surface area contributed by atoms with Crippen LogP contribution in [0.25, 0.3) is 0 Å². The molecule has 0 spiro atoms. The van der Waals surface area contributed by atoms with Crippen LogP contribution in [-0.2, 0) is 31.0 Å². The van der Waals surface area contributed by atoms with Crippen molar-refractivity contribution in [3.8, 4) is 0 Å². The van der Waals surface area contributed by atoms with Crippen LogP contribution in [0.1, 0.15) is 31.9 Å². The molecule has 0 saturated carbocycles. The number of hydrogen-bond acceptors (Lipinski definition) is 8. The maximum atomic E-state index is 11.8. The van der Waals surface area contributed by atoms with Gasteiger partial charge in [0, 0.05) is 51.9 Å². The Hall–Kier alpha value is -3.06. The molecule has 0 radical (unpaired) electrons. The minimum atomic E-state index is -1.03. The first-order chi connectivity index (χ1) is 18.2. The van der Waals surface area contributed by atoms with Gasteiger partial charge in [0.05, 0.1) is 26.2 Å². The maximum absolute atomic E-state index is 11.8. The monoisotopic (exact) mass is 550 g/mol. The van der Waals surface area contributed by atoms with E-state index in [1.54, 1.807) is 19.6 Å². The van der Waals surface area contributed by atoms with Crippen molar-refractivity contribution in [3.63, 3.8) is 0 Å². The van der Waals surface area contributed by atoms with Crippen LogP contribution in [0.5, 0.6) is 0 Å². The van der Waals surface area contributed by atoms with Gasteiger partial charge >= 0.3 is 23.9 Å². The van der Waals surface area contributed by atoms with Crippen LogP contribution in [0.3, 0.4) is 0 Å². The van der Waals surface area contributed by atoms with E-state index < -0.39 is 23.9 Å². The molecule has 12 heteroatoms. The molecule has 0 bridgehead atoms. The summed E-state index contributed by atoms with van der Waals surface area (Å²) in [5, 5.41) is 38.0. The third-order valence-electron chi connectivity index (χ3n) is 6.86. The second kappa shape index (κ2) is 14.9. The van der Waals surface area contributed by atoms with Crippen molar-refractivity contribution in [1.29, 1.82) is 0 Å². The largest absolute Gasteiger partial charge is 0.480 e. The van der Waals surface area contributed by atoms with Crippen LogP contribution in [-0.4, -0.2) is 142 Å². The lowest BCUT2D eigenvalue weighted by Crippen LogP contribution is -2.53. The van der Waals surface area contributed by atoms with E-state index in [2.05, 4.69) is 20.8 Å². The number of carboxylic acids is 4. The summed E-state index contributed by atoms with van der Waals surface area (Å²) >= 11 is 0. The van der Waals surface area contributed by atoms with Crippen molar-refractivity contribution in [2.24, 2.45) is 0 Å². The molecule has 1 aromatic carbocycles. The quantitative estimate of drug-likeness (QED) is 0.319. The average Bonchev–Trinajstić information content (AvgIpc) is 2.80. The van der Waals surface area contributed by atoms with Crippen LogP contribution < -0.4 is 0 Å². The number of carboxylic acid groups (broad SMARTS) is 4. The maximum Gasteiger partial charge on any atom is 0.317 e. The third-order valence-corrected chi connectivity index (χ3v) is 6.86. The van der Waals surface area contributed by atoms with Crippen LogP contribution in [0.15, 0.2) is 24.3 Å². The van der Waals surface area contributed by atoms with Gasteiger partial charge in [-0.3, -0.25) is 38.8 Å². The Morgan fingerprint density at radius 2 is 1.08 bits per heavy atom. The molecule has 1 fully saturated rings. The van der Waals surface area contributed by atoms with E-state index in [4.69, 9.17) is 0 Å². The molecule has 12 nitrogen and oxygen atoms in total. The fraction of sp³-hybridized carbons (Fsp3) is 0.630. The molecule has 1 saturated heterocycles. The van der Waals surface area contributed by atoms with Gasteiger partial charge in [-0.2, -0.15) is 0 Å². The summed E-state index contributed by atoms with van der Waals surface area (Å²) in [5.74, 6) is -4.12. The molecule has 1 atom stereocenters. The zero-order valence-electron chi connectivity index (χ0n) is 23.1. The first-order valence-corrected chi connectivity index (χ1v) is 13.1. The Labute approximate surface area is 229 Å². The Bertz CT molecular complexity index is 979. The molecule has 4 N–H and O–H groups in total. The molecule has 1 unspecified atom stereocenters. The first kappa shape index (κ1) is 32.2. The normalized spacial score (nSPS) is 19.6. The molecule has 1 heterocycles. The van der Waals surface area contributed by atoms with E-state index in [1.165, 1.54) is 0 Å². The highest BCUT2D eigenvalue weighted by Gasteiger charge is 2.27. The molecule has 0 aromatic heterocycles. The smallest absolute Gasteiger partial charge is 0.317 e. The van der Waals surface area contributed by atoms with E-state index >= 15 is 0 Å².